The van der Waals surface area contributed by atoms with Gasteiger partial charge in [-0.2, -0.15) is 0 Å². The molecule has 1 unspecified atom stereocenters. The van der Waals surface area contributed by atoms with Crippen molar-refractivity contribution in [3.63, 3.8) is 0 Å². The Morgan fingerprint density at radius 3 is 2.74 bits per heavy atom. The summed E-state index contributed by atoms with van der Waals surface area (Å²) in [6.45, 7) is 9.49. The molecule has 0 N–H and O–H groups in total. The van der Waals surface area contributed by atoms with E-state index in [2.05, 4.69) is 63.6 Å². The average molecular weight is 358 g/mol. The third-order valence-corrected chi connectivity index (χ3v) is 9.53. The normalized spacial score (nSPS) is 20.0. The molecule has 3 rings (SSSR count). The summed E-state index contributed by atoms with van der Waals surface area (Å²) >= 11 is -0.117. The van der Waals surface area contributed by atoms with Gasteiger partial charge in [0, 0.05) is 0 Å². The molecule has 0 radical (unpaired) electrons. The van der Waals surface area contributed by atoms with Crippen molar-refractivity contribution in [3.05, 3.63) is 61.8 Å². The third kappa shape index (κ3) is 3.66. The minimum atomic E-state index is -0.117. The molecule has 2 aliphatic carbocycles. The summed E-state index contributed by atoms with van der Waals surface area (Å²) < 4.78 is 2.58. The van der Waals surface area contributed by atoms with Crippen LogP contribution in [0.15, 0.2) is 50.7 Å². The Morgan fingerprint density at radius 1 is 1.22 bits per heavy atom. The Labute approximate surface area is 151 Å². The van der Waals surface area contributed by atoms with Crippen LogP contribution in [0.3, 0.4) is 0 Å². The zero-order chi connectivity index (χ0) is 16.4. The molecular formula is C21H27PTi. The standard InChI is InChI=1S/C11H12P.C10H15.Ti/c1-12(2)11-7-9-5-3-4-6-10(9)8-11;1-3-4-7-10-8-5-6-9(10)2;/h3-8H,1-2H3;6H,3-5,7H2,1-2H3;. The monoisotopic (exact) mass is 358 g/mol. The van der Waals surface area contributed by atoms with E-state index in [9.17, 15) is 0 Å². The molecule has 0 amide bonds. The first kappa shape index (κ1) is 17.4. The van der Waals surface area contributed by atoms with Crippen molar-refractivity contribution in [1.29, 1.82) is 0 Å². The second kappa shape index (κ2) is 7.65. The second-order valence-corrected chi connectivity index (χ2v) is 11.4. The Balaban J connectivity index is 1.89. The van der Waals surface area contributed by atoms with E-state index < -0.39 is 0 Å². The van der Waals surface area contributed by atoms with Crippen LogP contribution in [0.4, 0.5) is 0 Å². The van der Waals surface area contributed by atoms with Crippen LogP contribution in [0.25, 0.3) is 6.08 Å². The summed E-state index contributed by atoms with van der Waals surface area (Å²) in [4.78, 5) is 0. The van der Waals surface area contributed by atoms with E-state index in [0.717, 1.165) is 4.22 Å². The summed E-state index contributed by atoms with van der Waals surface area (Å²) in [5.74, 6) is 0. The van der Waals surface area contributed by atoms with E-state index in [1.807, 2.05) is 3.88 Å². The molecule has 0 saturated heterocycles. The Morgan fingerprint density at radius 2 is 2.00 bits per heavy atom. The van der Waals surface area contributed by atoms with Gasteiger partial charge in [-0.3, -0.25) is 0 Å². The molecule has 120 valence electrons. The van der Waals surface area contributed by atoms with Crippen molar-refractivity contribution < 1.29 is 19.2 Å². The first-order valence-corrected chi connectivity index (χ1v) is 12.7. The summed E-state index contributed by atoms with van der Waals surface area (Å²) in [5.41, 5.74) is 6.41. The van der Waals surface area contributed by atoms with Gasteiger partial charge in [0.2, 0.25) is 0 Å². The Kier molecular flexibility index (Phi) is 5.79. The number of hydrogen-bond acceptors (Lipinski definition) is 0. The van der Waals surface area contributed by atoms with E-state index in [-0.39, 0.29) is 27.1 Å². The van der Waals surface area contributed by atoms with Gasteiger partial charge >= 0.3 is 152 Å². The first-order valence-electron chi connectivity index (χ1n) is 8.75. The van der Waals surface area contributed by atoms with Crippen molar-refractivity contribution in [1.82, 2.24) is 0 Å². The predicted octanol–water partition coefficient (Wildman–Crippen LogP) is 6.70. The molecular weight excluding hydrogens is 331 g/mol. The molecule has 0 nitrogen and oxygen atoms in total. The van der Waals surface area contributed by atoms with Gasteiger partial charge in [0.05, 0.1) is 0 Å². The van der Waals surface area contributed by atoms with Crippen LogP contribution in [0, 0.1) is 0 Å². The summed E-state index contributed by atoms with van der Waals surface area (Å²) in [6, 6.07) is 9.11. The van der Waals surface area contributed by atoms with Gasteiger partial charge < -0.3 is 0 Å². The summed E-state index contributed by atoms with van der Waals surface area (Å²) in [7, 11) is 0.00900. The fraction of sp³-hybridized carbons (Fsp3) is 0.429. The van der Waals surface area contributed by atoms with Crippen molar-refractivity contribution in [2.75, 3.05) is 13.3 Å². The van der Waals surface area contributed by atoms with Crippen LogP contribution in [-0.4, -0.2) is 13.3 Å². The molecule has 1 atom stereocenters. The number of unbranched alkanes of at least 4 members (excludes halogenated alkanes) is 1. The second-order valence-electron chi connectivity index (χ2n) is 6.82. The minimum absolute atomic E-state index is 0.00900. The number of fused-ring (bicyclic) bond motifs is 1. The van der Waals surface area contributed by atoms with E-state index in [1.165, 1.54) is 31.2 Å². The van der Waals surface area contributed by atoms with Crippen molar-refractivity contribution >= 4 is 14.0 Å². The molecule has 1 aromatic carbocycles. The van der Waals surface area contributed by atoms with Crippen LogP contribution >= 0.6 is 7.92 Å². The fourth-order valence-electron chi connectivity index (χ4n) is 3.61. The third-order valence-electron chi connectivity index (χ3n) is 4.97. The van der Waals surface area contributed by atoms with E-state index in [0.29, 0.717) is 0 Å². The topological polar surface area (TPSA) is 0 Å². The van der Waals surface area contributed by atoms with Gasteiger partial charge in [0.25, 0.3) is 0 Å². The van der Waals surface area contributed by atoms with Crippen LogP contribution in [0.5, 0.6) is 0 Å². The molecule has 0 aliphatic heterocycles. The molecule has 0 spiro atoms. The van der Waals surface area contributed by atoms with E-state index in [4.69, 9.17) is 0 Å². The van der Waals surface area contributed by atoms with Crippen LogP contribution in [-0.2, 0) is 19.2 Å². The molecule has 2 aliphatic rings. The molecule has 0 heterocycles. The zero-order valence-corrected chi connectivity index (χ0v) is 17.3. The van der Waals surface area contributed by atoms with E-state index >= 15 is 0 Å². The zero-order valence-electron chi connectivity index (χ0n) is 14.8. The number of hydrogen-bond donors (Lipinski definition) is 0. The quantitative estimate of drug-likeness (QED) is 0.392. The molecule has 23 heavy (non-hydrogen) atoms. The Hall–Kier alpha value is -0.416. The fourth-order valence-corrected chi connectivity index (χ4v) is 8.81. The first-order chi connectivity index (χ1) is 11.1. The number of benzene rings is 1. The molecule has 0 aromatic heterocycles. The SMILES string of the molecule is CCCCC1=[C]([Ti][CH]2C(P(C)C)=Cc3ccccc32)CC=C1C. The molecule has 0 bridgehead atoms. The maximum atomic E-state index is 2.51. The van der Waals surface area contributed by atoms with Gasteiger partial charge in [-0.05, 0) is 0 Å². The number of rotatable bonds is 6. The predicted molar refractivity (Wildman–Crippen MR) is 101 cm³/mol. The Bertz CT molecular complexity index is 679. The van der Waals surface area contributed by atoms with Gasteiger partial charge in [-0.1, -0.05) is 0 Å². The summed E-state index contributed by atoms with van der Waals surface area (Å²) in [6.07, 6.45) is 10.2. The van der Waals surface area contributed by atoms with Crippen LogP contribution in [0.1, 0.15) is 54.9 Å². The van der Waals surface area contributed by atoms with Crippen LogP contribution in [0.2, 0.25) is 0 Å². The maximum absolute atomic E-state index is 2.51. The molecule has 1 aromatic rings. The van der Waals surface area contributed by atoms with Gasteiger partial charge in [-0.15, -0.1) is 0 Å². The van der Waals surface area contributed by atoms with Crippen molar-refractivity contribution in [2.24, 2.45) is 0 Å². The van der Waals surface area contributed by atoms with Crippen molar-refractivity contribution in [3.8, 4) is 0 Å². The van der Waals surface area contributed by atoms with Gasteiger partial charge in [0.15, 0.2) is 0 Å². The van der Waals surface area contributed by atoms with Crippen molar-refractivity contribution in [2.45, 2.75) is 43.8 Å². The van der Waals surface area contributed by atoms with Gasteiger partial charge in [0.1, 0.15) is 0 Å². The molecule has 0 fully saturated rings. The molecule has 0 saturated carbocycles. The number of allylic oxidation sites excluding steroid dienone is 5. The summed E-state index contributed by atoms with van der Waals surface area (Å²) in [5, 5.41) is 1.74. The van der Waals surface area contributed by atoms with E-state index in [1.54, 1.807) is 22.0 Å². The molecule has 2 heteroatoms. The average Bonchev–Trinajstić information content (AvgIpc) is 3.08. The van der Waals surface area contributed by atoms with Gasteiger partial charge in [-0.25, -0.2) is 0 Å². The van der Waals surface area contributed by atoms with Crippen LogP contribution < -0.4 is 0 Å².